The van der Waals surface area contributed by atoms with Gasteiger partial charge >= 0.3 is 0 Å². The van der Waals surface area contributed by atoms with E-state index in [1.54, 1.807) is 25.1 Å². The van der Waals surface area contributed by atoms with Gasteiger partial charge in [-0.15, -0.1) is 0 Å². The van der Waals surface area contributed by atoms with Gasteiger partial charge in [-0.25, -0.2) is 0 Å². The van der Waals surface area contributed by atoms with Gasteiger partial charge in [0.2, 0.25) is 5.78 Å². The summed E-state index contributed by atoms with van der Waals surface area (Å²) in [6.45, 7) is 2.78. The number of fused-ring (bicyclic) bond motifs is 3. The molecule has 0 saturated heterocycles. The van der Waals surface area contributed by atoms with Crippen LogP contribution in [0.25, 0.3) is 0 Å². The summed E-state index contributed by atoms with van der Waals surface area (Å²) >= 11 is 0. The van der Waals surface area contributed by atoms with Crippen molar-refractivity contribution in [3.63, 3.8) is 0 Å². The minimum atomic E-state index is -2.63. The number of phenols is 1. The van der Waals surface area contributed by atoms with Crippen LogP contribution in [0.3, 0.4) is 0 Å². The Labute approximate surface area is 227 Å². The van der Waals surface area contributed by atoms with Crippen LogP contribution in [-0.4, -0.2) is 74.6 Å². The molecule has 4 atom stereocenters. The fourth-order valence-electron chi connectivity index (χ4n) is 7.20. The molecule has 1 amide bonds. The van der Waals surface area contributed by atoms with Crippen molar-refractivity contribution in [2.75, 3.05) is 14.1 Å². The number of aromatic hydroxyl groups is 1. The number of benzene rings is 1. The Hall–Kier alpha value is -3.21. The van der Waals surface area contributed by atoms with Crippen LogP contribution in [0.1, 0.15) is 60.5 Å². The summed E-state index contributed by atoms with van der Waals surface area (Å²) in [5, 5.41) is 48.3. The zero-order valence-electron chi connectivity index (χ0n) is 22.5. The van der Waals surface area contributed by atoms with Crippen molar-refractivity contribution >= 4 is 17.5 Å². The van der Waals surface area contributed by atoms with Crippen molar-refractivity contribution in [1.29, 1.82) is 0 Å². The lowest BCUT2D eigenvalue weighted by molar-refractivity contribution is -0.148. The number of aliphatic hydroxyl groups excluding tert-OH is 2. The number of allylic oxidation sites excluding steroid dienone is 1. The molecule has 0 bridgehead atoms. The highest BCUT2D eigenvalue weighted by molar-refractivity contribution is 6.24. The molecule has 5 rings (SSSR count). The maximum Gasteiger partial charge on any atom is 0.255 e. The van der Waals surface area contributed by atoms with Crippen LogP contribution in [0.4, 0.5) is 0 Å². The second-order valence-electron chi connectivity index (χ2n) is 11.9. The van der Waals surface area contributed by atoms with Crippen molar-refractivity contribution in [2.24, 2.45) is 23.5 Å². The Balaban J connectivity index is 1.56. The minimum Gasteiger partial charge on any atom is -0.510 e. The van der Waals surface area contributed by atoms with Gasteiger partial charge in [0.05, 0.1) is 11.6 Å². The third-order valence-electron chi connectivity index (χ3n) is 9.30. The number of aliphatic hydroxyl groups is 3. The fourth-order valence-corrected chi connectivity index (χ4v) is 7.20. The molecule has 0 radical (unpaired) electrons. The average Bonchev–Trinajstić information content (AvgIpc) is 2.86. The van der Waals surface area contributed by atoms with Gasteiger partial charge in [-0.1, -0.05) is 13.0 Å². The first-order chi connectivity index (χ1) is 18.4. The molecule has 0 aromatic heterocycles. The molecule has 1 aromatic rings. The average molecular weight is 540 g/mol. The van der Waals surface area contributed by atoms with Crippen LogP contribution >= 0.6 is 0 Å². The zero-order chi connectivity index (χ0) is 28.4. The van der Waals surface area contributed by atoms with Crippen LogP contribution in [-0.2, 0) is 22.6 Å². The van der Waals surface area contributed by atoms with E-state index in [9.17, 15) is 34.8 Å². The number of carbonyl (C=O) groups is 3. The number of carbonyl (C=O) groups excluding carboxylic acids is 3. The summed E-state index contributed by atoms with van der Waals surface area (Å²) in [5.41, 5.74) is 3.39. The van der Waals surface area contributed by atoms with Gasteiger partial charge in [0.1, 0.15) is 22.8 Å². The summed E-state index contributed by atoms with van der Waals surface area (Å²) in [5.74, 6) is -5.69. The fraction of sp³-hybridized carbons (Fsp3) is 0.552. The molecule has 210 valence electrons. The number of ketones is 2. The molecule has 39 heavy (non-hydrogen) atoms. The molecule has 1 aromatic carbocycles. The van der Waals surface area contributed by atoms with E-state index < -0.39 is 58.0 Å². The molecular formula is C29H37N3O7. The van der Waals surface area contributed by atoms with Crippen LogP contribution < -0.4 is 11.1 Å². The van der Waals surface area contributed by atoms with E-state index >= 15 is 0 Å². The summed E-state index contributed by atoms with van der Waals surface area (Å²) in [6, 6.07) is 2.62. The van der Waals surface area contributed by atoms with Gasteiger partial charge in [0, 0.05) is 24.1 Å². The standard InChI is InChI=1S/C29H37N3O7/c1-13-4-7-16(8-5-13)31-12-14-6-9-19(33)21-17(14)10-15-11-18-23(32(2)3)25(35)22(28(30)38)27(37)29(18,39)26(36)20(15)24(21)34/h6,9,13,15-16,18,23,31,33,35-36,39H,4-5,7-8,10-12H2,1-3H3,(H2,30,38). The molecule has 4 unspecified atom stereocenters. The third-order valence-corrected chi connectivity index (χ3v) is 9.30. The quantitative estimate of drug-likeness (QED) is 0.305. The Kier molecular flexibility index (Phi) is 6.85. The van der Waals surface area contributed by atoms with E-state index in [0.717, 1.165) is 37.2 Å². The first kappa shape index (κ1) is 27.4. The largest absolute Gasteiger partial charge is 0.510 e. The van der Waals surface area contributed by atoms with Crippen LogP contribution in [0.2, 0.25) is 0 Å². The lowest BCUT2D eigenvalue weighted by Crippen LogP contribution is -2.63. The summed E-state index contributed by atoms with van der Waals surface area (Å²) in [4.78, 5) is 40.8. The van der Waals surface area contributed by atoms with E-state index in [-0.39, 0.29) is 23.3 Å². The van der Waals surface area contributed by atoms with E-state index in [4.69, 9.17) is 5.73 Å². The molecule has 4 aliphatic rings. The summed E-state index contributed by atoms with van der Waals surface area (Å²) < 4.78 is 0. The minimum absolute atomic E-state index is 0.0485. The number of phenolic OH excluding ortho intramolecular Hbond substituents is 1. The van der Waals surface area contributed by atoms with Gasteiger partial charge in [0.25, 0.3) is 5.91 Å². The first-order valence-electron chi connectivity index (χ1n) is 13.6. The van der Waals surface area contributed by atoms with Crippen LogP contribution in [0, 0.1) is 17.8 Å². The maximum atomic E-state index is 13.8. The molecule has 0 spiro atoms. The summed E-state index contributed by atoms with van der Waals surface area (Å²) in [6.07, 6.45) is 4.85. The number of likely N-dealkylation sites (N-methyl/N-ethyl adjacent to an activating group) is 1. The molecule has 7 N–H and O–H groups in total. The topological polar surface area (TPSA) is 173 Å². The number of rotatable bonds is 5. The highest BCUT2D eigenvalue weighted by Gasteiger charge is 2.63. The molecule has 4 aliphatic carbocycles. The van der Waals surface area contributed by atoms with Gasteiger partial charge in [-0.05, 0) is 81.6 Å². The Morgan fingerprint density at radius 3 is 2.41 bits per heavy atom. The molecule has 10 nitrogen and oxygen atoms in total. The molecule has 1 fully saturated rings. The maximum absolute atomic E-state index is 13.8. The number of Topliss-reactive ketones (excluding diaryl/α,β-unsaturated/α-hetero) is 2. The number of amides is 1. The lowest BCUT2D eigenvalue weighted by atomic mass is 9.58. The first-order valence-corrected chi connectivity index (χ1v) is 13.6. The van der Waals surface area contributed by atoms with Crippen LogP contribution in [0.15, 0.2) is 34.8 Å². The van der Waals surface area contributed by atoms with Gasteiger partial charge in [-0.2, -0.15) is 0 Å². The van der Waals surface area contributed by atoms with Crippen molar-refractivity contribution in [3.05, 3.63) is 51.5 Å². The Morgan fingerprint density at radius 1 is 1.13 bits per heavy atom. The lowest BCUT2D eigenvalue weighted by Gasteiger charge is -2.50. The van der Waals surface area contributed by atoms with E-state index in [2.05, 4.69) is 12.2 Å². The summed E-state index contributed by atoms with van der Waals surface area (Å²) in [7, 11) is 3.22. The van der Waals surface area contributed by atoms with E-state index in [1.807, 2.05) is 0 Å². The van der Waals surface area contributed by atoms with Crippen molar-refractivity contribution in [1.82, 2.24) is 10.2 Å². The predicted octanol–water partition coefficient (Wildman–Crippen LogP) is 1.79. The highest BCUT2D eigenvalue weighted by Crippen LogP contribution is 2.52. The Morgan fingerprint density at radius 2 is 1.79 bits per heavy atom. The molecule has 10 heteroatoms. The van der Waals surface area contributed by atoms with Gasteiger partial charge in [0.15, 0.2) is 11.4 Å². The zero-order valence-corrected chi connectivity index (χ0v) is 22.5. The number of hydrogen-bond donors (Lipinski definition) is 6. The van der Waals surface area contributed by atoms with E-state index in [0.29, 0.717) is 24.6 Å². The monoisotopic (exact) mass is 539 g/mol. The van der Waals surface area contributed by atoms with Crippen molar-refractivity contribution in [2.45, 2.75) is 69.7 Å². The van der Waals surface area contributed by atoms with Crippen molar-refractivity contribution < 1.29 is 34.8 Å². The van der Waals surface area contributed by atoms with Crippen LogP contribution in [0.5, 0.6) is 5.75 Å². The second kappa shape index (κ2) is 9.76. The van der Waals surface area contributed by atoms with Gasteiger partial charge < -0.3 is 31.5 Å². The van der Waals surface area contributed by atoms with E-state index in [1.165, 1.54) is 6.07 Å². The number of hydrogen-bond acceptors (Lipinski definition) is 9. The highest BCUT2D eigenvalue weighted by atomic mass is 16.3. The number of nitrogens with two attached hydrogens (primary N) is 1. The number of nitrogens with zero attached hydrogens (tertiary/aromatic N) is 1. The Bertz CT molecular complexity index is 1310. The van der Waals surface area contributed by atoms with Crippen molar-refractivity contribution in [3.8, 4) is 5.75 Å². The predicted molar refractivity (Wildman–Crippen MR) is 142 cm³/mol. The molecular weight excluding hydrogens is 502 g/mol. The normalized spacial score (nSPS) is 32.7. The van der Waals surface area contributed by atoms with Gasteiger partial charge in [-0.3, -0.25) is 19.3 Å². The smallest absolute Gasteiger partial charge is 0.255 e. The number of nitrogens with one attached hydrogen (secondary N) is 1. The molecule has 0 aliphatic heterocycles. The SMILES string of the molecule is CC1CCC(NCc2ccc(O)c3c2CC2CC4C(N(C)C)C(O)=C(C(N)=O)C(=O)C4(O)C(O)=C2C3=O)CC1. The number of primary amides is 1. The third kappa shape index (κ3) is 4.16. The second-order valence-corrected chi connectivity index (χ2v) is 11.9. The molecule has 0 heterocycles. The molecule has 1 saturated carbocycles.